The van der Waals surface area contributed by atoms with Gasteiger partial charge in [0.05, 0.1) is 13.2 Å². The van der Waals surface area contributed by atoms with E-state index in [1.165, 1.54) is 30.9 Å². The van der Waals surface area contributed by atoms with E-state index in [0.717, 1.165) is 50.7 Å². The van der Waals surface area contributed by atoms with Crippen molar-refractivity contribution in [3.63, 3.8) is 0 Å². The number of hydrogen-bond donors (Lipinski definition) is 1. The molecule has 4 heteroatoms. The largest absolute Gasteiger partial charge is 0.496 e. The van der Waals surface area contributed by atoms with Gasteiger partial charge < -0.3 is 14.6 Å². The van der Waals surface area contributed by atoms with Crippen molar-refractivity contribution in [3.8, 4) is 5.75 Å². The summed E-state index contributed by atoms with van der Waals surface area (Å²) in [7, 11) is 1.74. The molecule has 156 valence electrons. The zero-order valence-electron chi connectivity index (χ0n) is 17.7. The number of methoxy groups -OCH3 is 1. The number of aliphatic hydroxyl groups excluding tert-OH is 1. The Morgan fingerprint density at radius 2 is 2.07 bits per heavy atom. The first-order chi connectivity index (χ1) is 13.5. The molecule has 1 aromatic rings. The number of unbranched alkanes of at least 4 members (excludes halogenated alkanes) is 2. The third kappa shape index (κ3) is 4.89. The van der Waals surface area contributed by atoms with Crippen molar-refractivity contribution in [1.29, 1.82) is 0 Å². The van der Waals surface area contributed by atoms with Gasteiger partial charge in [0.25, 0.3) is 0 Å². The van der Waals surface area contributed by atoms with Gasteiger partial charge in [-0.2, -0.15) is 0 Å². The number of benzene rings is 1. The molecule has 0 aromatic heterocycles. The summed E-state index contributed by atoms with van der Waals surface area (Å²) in [4.78, 5) is 11.7. The van der Waals surface area contributed by atoms with Crippen LogP contribution in [0.3, 0.4) is 0 Å². The monoisotopic (exact) mass is 388 g/mol. The normalized spacial score (nSPS) is 27.0. The molecule has 0 spiro atoms. The average molecular weight is 389 g/mol. The first kappa shape index (κ1) is 21.2. The Hall–Kier alpha value is -1.55. The van der Waals surface area contributed by atoms with Crippen molar-refractivity contribution in [2.75, 3.05) is 7.11 Å². The topological polar surface area (TPSA) is 55.8 Å². The molecular weight excluding hydrogens is 352 g/mol. The molecule has 0 bridgehead atoms. The number of fused-ring (bicyclic) bond motifs is 2. The van der Waals surface area contributed by atoms with Crippen LogP contribution in [0.15, 0.2) is 18.2 Å². The van der Waals surface area contributed by atoms with Crippen molar-refractivity contribution in [3.05, 3.63) is 29.3 Å². The summed E-state index contributed by atoms with van der Waals surface area (Å²) in [5, 5.41) is 10.4. The molecule has 0 radical (unpaired) electrons. The molecule has 2 aliphatic carbocycles. The zero-order chi connectivity index (χ0) is 20.1. The number of carbonyl (C=O) groups is 1. The fourth-order valence-electron chi connectivity index (χ4n) is 5.48. The van der Waals surface area contributed by atoms with E-state index in [2.05, 4.69) is 19.1 Å². The zero-order valence-corrected chi connectivity index (χ0v) is 17.7. The third-order valence-electron chi connectivity index (χ3n) is 6.83. The summed E-state index contributed by atoms with van der Waals surface area (Å²) in [5.41, 5.74) is 2.70. The van der Waals surface area contributed by atoms with Crippen LogP contribution in [-0.4, -0.2) is 30.4 Å². The lowest BCUT2D eigenvalue weighted by Crippen LogP contribution is -2.29. The Kier molecular flexibility index (Phi) is 7.39. The third-order valence-corrected chi connectivity index (χ3v) is 6.83. The van der Waals surface area contributed by atoms with Crippen LogP contribution in [-0.2, 0) is 22.4 Å². The number of carbonyl (C=O) groups excluding carboxylic acids is 1. The molecule has 0 aliphatic heterocycles. The van der Waals surface area contributed by atoms with Crippen LogP contribution in [0.1, 0.15) is 69.9 Å². The van der Waals surface area contributed by atoms with Crippen LogP contribution >= 0.6 is 0 Å². The Labute approximate surface area is 169 Å². The van der Waals surface area contributed by atoms with E-state index in [4.69, 9.17) is 9.47 Å². The minimum atomic E-state index is -0.237. The maximum absolute atomic E-state index is 11.7. The predicted molar refractivity (Wildman–Crippen MR) is 110 cm³/mol. The second-order valence-electron chi connectivity index (χ2n) is 8.70. The summed E-state index contributed by atoms with van der Waals surface area (Å²) < 4.78 is 11.3. The van der Waals surface area contributed by atoms with E-state index in [9.17, 15) is 9.90 Å². The maximum atomic E-state index is 11.7. The van der Waals surface area contributed by atoms with Crippen LogP contribution in [0, 0.1) is 17.8 Å². The predicted octanol–water partition coefficient (Wildman–Crippen LogP) is 4.70. The molecule has 0 heterocycles. The molecule has 0 amide bonds. The number of hydrogen-bond acceptors (Lipinski definition) is 4. The van der Waals surface area contributed by atoms with Gasteiger partial charge in [-0.15, -0.1) is 0 Å². The fourth-order valence-corrected chi connectivity index (χ4v) is 5.48. The highest BCUT2D eigenvalue weighted by Crippen LogP contribution is 2.49. The Morgan fingerprint density at radius 1 is 1.25 bits per heavy atom. The second-order valence-corrected chi connectivity index (χ2v) is 8.70. The molecule has 5 atom stereocenters. The molecule has 1 saturated carbocycles. The molecule has 1 aromatic carbocycles. The summed E-state index contributed by atoms with van der Waals surface area (Å²) in [6.07, 6.45) is 8.76. The molecule has 0 unspecified atom stereocenters. The second kappa shape index (κ2) is 9.78. The van der Waals surface area contributed by atoms with E-state index in [-0.39, 0.29) is 18.2 Å². The highest BCUT2D eigenvalue weighted by atomic mass is 16.5. The molecule has 2 aliphatic rings. The van der Waals surface area contributed by atoms with Gasteiger partial charge >= 0.3 is 5.97 Å². The molecular formula is C24H36O4. The number of esters is 1. The first-order valence-electron chi connectivity index (χ1n) is 11.0. The van der Waals surface area contributed by atoms with Crippen LogP contribution < -0.4 is 4.74 Å². The highest BCUT2D eigenvalue weighted by molar-refractivity contribution is 5.66. The van der Waals surface area contributed by atoms with Crippen LogP contribution in [0.2, 0.25) is 0 Å². The van der Waals surface area contributed by atoms with Crippen LogP contribution in [0.5, 0.6) is 5.75 Å². The Balaban J connectivity index is 1.70. The summed E-state index contributed by atoms with van der Waals surface area (Å²) in [6, 6.07) is 6.33. The smallest absolute Gasteiger partial charge is 0.302 e. The maximum Gasteiger partial charge on any atom is 0.302 e. The quantitative estimate of drug-likeness (QED) is 0.492. The van der Waals surface area contributed by atoms with Gasteiger partial charge in [0.15, 0.2) is 0 Å². The molecule has 1 N–H and O–H groups in total. The molecule has 28 heavy (non-hydrogen) atoms. The number of ether oxygens (including phenoxy) is 2. The average Bonchev–Trinajstić information content (AvgIpc) is 2.99. The van der Waals surface area contributed by atoms with Crippen molar-refractivity contribution >= 4 is 5.97 Å². The molecule has 1 fully saturated rings. The highest BCUT2D eigenvalue weighted by Gasteiger charge is 2.47. The number of rotatable bonds is 9. The van der Waals surface area contributed by atoms with Crippen molar-refractivity contribution in [2.24, 2.45) is 17.8 Å². The molecule has 3 rings (SSSR count). The standard InChI is InChI=1S/C24H36O4/c1-4-5-6-9-19(26)11-12-20-21-13-17-8-7-10-23(27-3)22(17)14-18(21)15-24(20)28-16(2)25/h7-8,10,18-21,24,26H,4-6,9,11-15H2,1-3H3/t18-,19-,20+,21-,24+/m0/s1. The van der Waals surface area contributed by atoms with E-state index in [1.807, 2.05) is 6.07 Å². The molecule has 0 saturated heterocycles. The van der Waals surface area contributed by atoms with Crippen LogP contribution in [0.25, 0.3) is 0 Å². The van der Waals surface area contributed by atoms with E-state index >= 15 is 0 Å². The van der Waals surface area contributed by atoms with Crippen molar-refractivity contribution in [1.82, 2.24) is 0 Å². The number of aliphatic hydroxyl groups is 1. The van der Waals surface area contributed by atoms with Gasteiger partial charge in [-0.25, -0.2) is 0 Å². The SMILES string of the molecule is CCCCC[C@H](O)CC[C@@H]1[C@H]2Cc3cccc(OC)c3C[C@H]2C[C@H]1OC(C)=O. The molecule has 4 nitrogen and oxygen atoms in total. The van der Waals surface area contributed by atoms with Crippen LogP contribution in [0.4, 0.5) is 0 Å². The van der Waals surface area contributed by atoms with E-state index in [1.54, 1.807) is 7.11 Å². The summed E-state index contributed by atoms with van der Waals surface area (Å²) >= 11 is 0. The van der Waals surface area contributed by atoms with E-state index in [0.29, 0.717) is 17.8 Å². The van der Waals surface area contributed by atoms with Gasteiger partial charge in [0, 0.05) is 6.92 Å². The minimum Gasteiger partial charge on any atom is -0.496 e. The van der Waals surface area contributed by atoms with Gasteiger partial charge in [0.2, 0.25) is 0 Å². The lowest BCUT2D eigenvalue weighted by Gasteiger charge is -2.32. The minimum absolute atomic E-state index is 0.0179. The fraction of sp³-hybridized carbons (Fsp3) is 0.708. The van der Waals surface area contributed by atoms with Crippen molar-refractivity contribution in [2.45, 2.75) is 83.8 Å². The van der Waals surface area contributed by atoms with Gasteiger partial charge in [-0.1, -0.05) is 38.3 Å². The summed E-state index contributed by atoms with van der Waals surface area (Å²) in [6.45, 7) is 3.70. The van der Waals surface area contributed by atoms with Gasteiger partial charge in [0.1, 0.15) is 11.9 Å². The Bertz CT molecular complexity index is 656. The van der Waals surface area contributed by atoms with Crippen molar-refractivity contribution < 1.29 is 19.4 Å². The lowest BCUT2D eigenvalue weighted by atomic mass is 9.73. The van der Waals surface area contributed by atoms with Gasteiger partial charge in [-0.05, 0) is 73.5 Å². The first-order valence-corrected chi connectivity index (χ1v) is 11.0. The summed E-state index contributed by atoms with van der Waals surface area (Å²) in [5.74, 6) is 2.18. The van der Waals surface area contributed by atoms with Gasteiger partial charge in [-0.3, -0.25) is 4.79 Å². The van der Waals surface area contributed by atoms with E-state index < -0.39 is 0 Å². The Morgan fingerprint density at radius 3 is 2.79 bits per heavy atom. The lowest BCUT2D eigenvalue weighted by molar-refractivity contribution is -0.148.